The van der Waals surface area contributed by atoms with Crippen LogP contribution in [0.5, 0.6) is 11.8 Å². The molecule has 1 fully saturated rings. The minimum atomic E-state index is -0.601. The second kappa shape index (κ2) is 4.57. The molecule has 2 aromatic heterocycles. The quantitative estimate of drug-likeness (QED) is 0.646. The van der Waals surface area contributed by atoms with Crippen molar-refractivity contribution in [3.63, 3.8) is 0 Å². The van der Waals surface area contributed by atoms with Crippen molar-refractivity contribution in [3.8, 4) is 17.4 Å². The van der Waals surface area contributed by atoms with Crippen molar-refractivity contribution < 1.29 is 14.9 Å². The number of aromatic hydroxyl groups is 2. The molecule has 0 radical (unpaired) electrons. The summed E-state index contributed by atoms with van der Waals surface area (Å²) in [5, 5.41) is 23.4. The molecular formula is C20H17N3O3. The van der Waals surface area contributed by atoms with Gasteiger partial charge in [-0.05, 0) is 26.7 Å². The number of ether oxygens (including phenoxy) is 1. The first kappa shape index (κ1) is 15.2. The molecule has 2 atom stereocenters. The van der Waals surface area contributed by atoms with E-state index in [1.54, 1.807) is 0 Å². The van der Waals surface area contributed by atoms with Crippen LogP contribution in [0.2, 0.25) is 0 Å². The Morgan fingerprint density at radius 3 is 2.23 bits per heavy atom. The smallest absolute Gasteiger partial charge is 0.277 e. The lowest BCUT2D eigenvalue weighted by Gasteiger charge is -2.21. The van der Waals surface area contributed by atoms with Crippen LogP contribution in [-0.2, 0) is 15.9 Å². The van der Waals surface area contributed by atoms with Crippen LogP contribution >= 0.6 is 0 Å². The molecule has 2 N–H and O–H groups in total. The Kier molecular flexibility index (Phi) is 2.68. The standard InChI is InChI=1S/C20H17N3O3/c1-19-8-9-20(2,26-19)15-14(19)17(24)23(18(15)25)13-10-22-16(21-3)12-7-5-4-6-11(12)13/h4-7,10,24-25H,8-9H2,1-2H3. The van der Waals surface area contributed by atoms with Gasteiger partial charge in [-0.1, -0.05) is 30.8 Å². The van der Waals surface area contributed by atoms with Gasteiger partial charge in [-0.25, -0.2) is 4.57 Å². The number of aromatic nitrogens is 2. The molecule has 3 aromatic rings. The Balaban J connectivity index is 1.86. The number of nitrogens with zero attached hydrogens (tertiary/aromatic N) is 3. The normalized spacial score (nSPS) is 26.2. The first-order valence-electron chi connectivity index (χ1n) is 8.53. The summed E-state index contributed by atoms with van der Waals surface area (Å²) in [4.78, 5) is 7.70. The monoisotopic (exact) mass is 347 g/mol. The van der Waals surface area contributed by atoms with Gasteiger partial charge in [0.2, 0.25) is 11.8 Å². The van der Waals surface area contributed by atoms with Crippen molar-refractivity contribution in [1.82, 2.24) is 9.55 Å². The number of hydrogen-bond donors (Lipinski definition) is 2. The number of benzene rings is 1. The van der Waals surface area contributed by atoms with E-state index in [1.807, 2.05) is 38.1 Å². The molecule has 6 nitrogen and oxygen atoms in total. The zero-order valence-electron chi connectivity index (χ0n) is 14.4. The number of hydrogen-bond acceptors (Lipinski definition) is 4. The average molecular weight is 347 g/mol. The largest absolute Gasteiger partial charge is 0.494 e. The predicted molar refractivity (Wildman–Crippen MR) is 95.7 cm³/mol. The Hall–Kier alpha value is -3.04. The van der Waals surface area contributed by atoms with Gasteiger partial charge < -0.3 is 19.8 Å². The van der Waals surface area contributed by atoms with Crippen LogP contribution in [0, 0.1) is 6.57 Å². The van der Waals surface area contributed by atoms with Crippen LogP contribution in [0.1, 0.15) is 37.8 Å². The van der Waals surface area contributed by atoms with E-state index in [-0.39, 0.29) is 11.8 Å². The molecule has 1 saturated heterocycles. The number of rotatable bonds is 1. The Bertz CT molecular complexity index is 1100. The van der Waals surface area contributed by atoms with Crippen LogP contribution in [-0.4, -0.2) is 19.8 Å². The van der Waals surface area contributed by atoms with Gasteiger partial charge in [-0.2, -0.15) is 0 Å². The summed E-state index contributed by atoms with van der Waals surface area (Å²) in [6.07, 6.45) is 3.12. The minimum absolute atomic E-state index is 0.0223. The molecule has 6 heteroatoms. The molecule has 2 aliphatic heterocycles. The third-order valence-electron chi connectivity index (χ3n) is 5.81. The van der Waals surface area contributed by atoms with Gasteiger partial charge in [0.05, 0.1) is 22.3 Å². The van der Waals surface area contributed by atoms with Crippen LogP contribution in [0.3, 0.4) is 0 Å². The molecule has 0 amide bonds. The Morgan fingerprint density at radius 2 is 1.65 bits per heavy atom. The topological polar surface area (TPSA) is 71.9 Å². The molecule has 5 rings (SSSR count). The fourth-order valence-electron chi connectivity index (χ4n) is 4.64. The highest BCUT2D eigenvalue weighted by atomic mass is 16.5. The van der Waals surface area contributed by atoms with E-state index >= 15 is 0 Å². The van der Waals surface area contributed by atoms with E-state index in [4.69, 9.17) is 11.3 Å². The molecule has 2 unspecified atom stereocenters. The van der Waals surface area contributed by atoms with Crippen molar-refractivity contribution in [2.45, 2.75) is 37.9 Å². The van der Waals surface area contributed by atoms with Gasteiger partial charge in [0.25, 0.3) is 5.82 Å². The van der Waals surface area contributed by atoms with Gasteiger partial charge in [0.1, 0.15) is 11.9 Å². The molecule has 0 saturated carbocycles. The second-order valence-electron chi connectivity index (χ2n) is 7.42. The minimum Gasteiger partial charge on any atom is -0.494 e. The summed E-state index contributed by atoms with van der Waals surface area (Å²) in [7, 11) is 0. The van der Waals surface area contributed by atoms with Crippen molar-refractivity contribution >= 4 is 16.6 Å². The van der Waals surface area contributed by atoms with E-state index in [9.17, 15) is 10.2 Å². The lowest BCUT2D eigenvalue weighted by Crippen LogP contribution is -2.17. The van der Waals surface area contributed by atoms with E-state index in [2.05, 4.69) is 9.83 Å². The lowest BCUT2D eigenvalue weighted by atomic mass is 9.80. The van der Waals surface area contributed by atoms with Crippen molar-refractivity contribution in [1.29, 1.82) is 0 Å². The predicted octanol–water partition coefficient (Wildman–Crippen LogP) is 4.24. The van der Waals surface area contributed by atoms with Gasteiger partial charge in [-0.3, -0.25) is 0 Å². The van der Waals surface area contributed by atoms with E-state index in [1.165, 1.54) is 10.8 Å². The molecular weight excluding hydrogens is 330 g/mol. The summed E-state index contributed by atoms with van der Waals surface area (Å²) in [6, 6.07) is 7.38. The zero-order chi connectivity index (χ0) is 18.3. The first-order valence-corrected chi connectivity index (χ1v) is 8.53. The summed E-state index contributed by atoms with van der Waals surface area (Å²) in [5.41, 5.74) is 0.654. The zero-order valence-corrected chi connectivity index (χ0v) is 14.4. The molecule has 130 valence electrons. The fraction of sp³-hybridized carbons (Fsp3) is 0.300. The molecule has 4 heterocycles. The van der Waals surface area contributed by atoms with Crippen molar-refractivity contribution in [2.75, 3.05) is 0 Å². The third kappa shape index (κ3) is 1.61. The van der Waals surface area contributed by atoms with Gasteiger partial charge in [-0.15, -0.1) is 4.98 Å². The highest BCUT2D eigenvalue weighted by Gasteiger charge is 2.59. The van der Waals surface area contributed by atoms with Crippen LogP contribution < -0.4 is 0 Å². The molecule has 26 heavy (non-hydrogen) atoms. The van der Waals surface area contributed by atoms with Crippen molar-refractivity contribution in [3.05, 3.63) is 53.0 Å². The third-order valence-corrected chi connectivity index (χ3v) is 5.81. The lowest BCUT2D eigenvalue weighted by molar-refractivity contribution is -0.0683. The summed E-state index contributed by atoms with van der Waals surface area (Å²) < 4.78 is 7.57. The number of pyridine rings is 1. The Labute approximate surface area is 150 Å². The Morgan fingerprint density at radius 1 is 1.08 bits per heavy atom. The number of fused-ring (bicyclic) bond motifs is 6. The highest BCUT2D eigenvalue weighted by Crippen LogP contribution is 2.64. The first-order chi connectivity index (χ1) is 12.4. The maximum atomic E-state index is 11.0. The van der Waals surface area contributed by atoms with E-state index < -0.39 is 11.2 Å². The van der Waals surface area contributed by atoms with Crippen molar-refractivity contribution in [2.24, 2.45) is 0 Å². The summed E-state index contributed by atoms with van der Waals surface area (Å²) >= 11 is 0. The van der Waals surface area contributed by atoms with Gasteiger partial charge in [0.15, 0.2) is 0 Å². The second-order valence-corrected chi connectivity index (χ2v) is 7.42. The maximum Gasteiger partial charge on any atom is 0.277 e. The molecule has 2 aliphatic rings. The van der Waals surface area contributed by atoms with Crippen LogP contribution in [0.15, 0.2) is 30.5 Å². The SMILES string of the molecule is [C-]#[N+]c1ncc(-n2c(O)c3c(c2O)C2(C)CCC3(C)O2)c2ccccc12. The van der Waals surface area contributed by atoms with Crippen LogP contribution in [0.4, 0.5) is 5.82 Å². The molecule has 0 spiro atoms. The van der Waals surface area contributed by atoms with E-state index in [0.29, 0.717) is 28.0 Å². The van der Waals surface area contributed by atoms with Gasteiger partial charge in [0, 0.05) is 10.8 Å². The summed E-state index contributed by atoms with van der Waals surface area (Å²) in [6.45, 7) is 11.2. The molecule has 1 aromatic carbocycles. The fourth-order valence-corrected chi connectivity index (χ4v) is 4.64. The maximum absolute atomic E-state index is 11.0. The molecule has 0 aliphatic carbocycles. The average Bonchev–Trinajstić information content (AvgIpc) is 3.18. The summed E-state index contributed by atoms with van der Waals surface area (Å²) in [5.74, 6) is 0.252. The van der Waals surface area contributed by atoms with Gasteiger partial charge >= 0.3 is 0 Å². The highest BCUT2D eigenvalue weighted by molar-refractivity contribution is 5.98. The molecule has 2 bridgehead atoms. The van der Waals surface area contributed by atoms with E-state index in [0.717, 1.165) is 18.2 Å². The van der Waals surface area contributed by atoms with Crippen LogP contribution in [0.25, 0.3) is 21.3 Å².